The lowest BCUT2D eigenvalue weighted by Gasteiger charge is -2.26. The summed E-state index contributed by atoms with van der Waals surface area (Å²) in [5.74, 6) is -4.19. The first kappa shape index (κ1) is 21.8. The first-order valence-corrected chi connectivity index (χ1v) is 10.2. The number of para-hydroxylation sites is 2. The molecule has 152 valence electrons. The molecule has 1 amide bonds. The molecule has 2 aromatic rings. The number of carbonyl (C=O) groups excluding carboxylic acids is 1. The van der Waals surface area contributed by atoms with Gasteiger partial charge in [-0.05, 0) is 30.7 Å². The summed E-state index contributed by atoms with van der Waals surface area (Å²) in [5, 5.41) is 12.4. The van der Waals surface area contributed by atoms with Crippen molar-refractivity contribution in [2.24, 2.45) is 0 Å². The van der Waals surface area contributed by atoms with Crippen LogP contribution in [0.15, 0.2) is 59.5 Å². The number of aliphatic hydroxyl groups is 1. The summed E-state index contributed by atoms with van der Waals surface area (Å²) in [6.45, 7) is 1.80. The number of halogens is 2. The molecule has 0 fully saturated rings. The summed E-state index contributed by atoms with van der Waals surface area (Å²) in [4.78, 5) is 13.5. The second-order valence-corrected chi connectivity index (χ2v) is 8.01. The van der Waals surface area contributed by atoms with Crippen LogP contribution in [0.5, 0.6) is 0 Å². The lowest BCUT2D eigenvalue weighted by molar-refractivity contribution is -0.115. The molecule has 0 saturated heterocycles. The minimum atomic E-state index is -4.86. The molecule has 0 saturated carbocycles. The molecule has 0 bridgehead atoms. The summed E-state index contributed by atoms with van der Waals surface area (Å²) < 4.78 is 49.4. The van der Waals surface area contributed by atoms with Crippen LogP contribution in [-0.2, 0) is 14.6 Å². The van der Waals surface area contributed by atoms with Gasteiger partial charge in [0.25, 0.3) is 0 Å². The van der Waals surface area contributed by atoms with Crippen molar-refractivity contribution in [1.82, 2.24) is 0 Å². The summed E-state index contributed by atoms with van der Waals surface area (Å²) in [5.41, 5.74) is 0.482. The van der Waals surface area contributed by atoms with E-state index in [1.165, 1.54) is 18.2 Å². The molecule has 6 nitrogen and oxygen atoms in total. The average Bonchev–Trinajstić information content (AvgIpc) is 2.68. The van der Waals surface area contributed by atoms with Gasteiger partial charge < -0.3 is 15.3 Å². The molecule has 0 aliphatic heterocycles. The van der Waals surface area contributed by atoms with Gasteiger partial charge in [0.05, 0.1) is 23.2 Å². The maximum absolute atomic E-state index is 12.9. The Morgan fingerprint density at radius 3 is 2.32 bits per heavy atom. The van der Waals surface area contributed by atoms with E-state index in [9.17, 15) is 27.1 Å². The monoisotopic (exact) mass is 412 g/mol. The highest BCUT2D eigenvalue weighted by Crippen LogP contribution is 2.26. The number of nitrogens with one attached hydrogen (secondary N) is 1. The number of alkyl halides is 2. The van der Waals surface area contributed by atoms with Crippen molar-refractivity contribution in [3.63, 3.8) is 0 Å². The van der Waals surface area contributed by atoms with Gasteiger partial charge in [-0.2, -0.15) is 8.78 Å². The fraction of sp³-hybridized carbons (Fsp3) is 0.316. The fourth-order valence-electron chi connectivity index (χ4n) is 2.56. The molecule has 0 heterocycles. The number of carbonyl (C=O) groups is 1. The number of anilines is 2. The number of aliphatic hydroxyl groups excluding tert-OH is 1. The maximum atomic E-state index is 12.9. The lowest BCUT2D eigenvalue weighted by Crippen LogP contribution is -2.38. The quantitative estimate of drug-likeness (QED) is 0.661. The number of nitrogens with zero attached hydrogens (tertiary/aromatic N) is 1. The lowest BCUT2D eigenvalue weighted by atomic mass is 10.2. The van der Waals surface area contributed by atoms with Gasteiger partial charge in [0.1, 0.15) is 0 Å². The Morgan fingerprint density at radius 1 is 1.11 bits per heavy atom. The number of benzene rings is 2. The number of rotatable bonds is 9. The van der Waals surface area contributed by atoms with Crippen LogP contribution in [0.4, 0.5) is 20.2 Å². The van der Waals surface area contributed by atoms with Crippen LogP contribution < -0.4 is 10.2 Å². The van der Waals surface area contributed by atoms with Gasteiger partial charge in [-0.25, -0.2) is 8.42 Å². The number of sulfone groups is 1. The van der Waals surface area contributed by atoms with Crippen molar-refractivity contribution in [3.05, 3.63) is 54.6 Å². The standard InChI is InChI=1S/C19H22F2N2O4S/c1-2-15(24)12-23(14-8-4-3-5-9-14)13-18(25)22-16-10-6-7-11-17(16)28(26,27)19(20)21/h3-11,15,19,24H,2,12-13H2,1H3,(H,22,25). The molecule has 1 atom stereocenters. The van der Waals surface area contributed by atoms with E-state index in [1.54, 1.807) is 36.1 Å². The smallest absolute Gasteiger partial charge is 0.341 e. The second kappa shape index (κ2) is 9.61. The predicted molar refractivity (Wildman–Crippen MR) is 103 cm³/mol. The van der Waals surface area contributed by atoms with Gasteiger partial charge in [0.2, 0.25) is 15.7 Å². The second-order valence-electron chi connectivity index (χ2n) is 6.13. The summed E-state index contributed by atoms with van der Waals surface area (Å²) >= 11 is 0. The molecule has 0 aromatic heterocycles. The van der Waals surface area contributed by atoms with Crippen molar-refractivity contribution >= 4 is 27.1 Å². The van der Waals surface area contributed by atoms with E-state index in [0.717, 1.165) is 6.07 Å². The summed E-state index contributed by atoms with van der Waals surface area (Å²) in [7, 11) is -4.86. The summed E-state index contributed by atoms with van der Waals surface area (Å²) in [6, 6.07) is 13.9. The van der Waals surface area contributed by atoms with Crippen LogP contribution in [0.25, 0.3) is 0 Å². The molecule has 9 heteroatoms. The topological polar surface area (TPSA) is 86.7 Å². The molecule has 28 heavy (non-hydrogen) atoms. The van der Waals surface area contributed by atoms with Gasteiger partial charge in [0, 0.05) is 12.2 Å². The van der Waals surface area contributed by atoms with E-state index in [2.05, 4.69) is 5.32 Å². The van der Waals surface area contributed by atoms with Crippen LogP contribution in [0, 0.1) is 0 Å². The van der Waals surface area contributed by atoms with Crippen LogP contribution in [0.1, 0.15) is 13.3 Å². The molecule has 0 radical (unpaired) electrons. The maximum Gasteiger partial charge on any atom is 0.341 e. The third-order valence-electron chi connectivity index (χ3n) is 4.06. The SMILES string of the molecule is CCC(O)CN(CC(=O)Nc1ccccc1S(=O)(=O)C(F)F)c1ccccc1. The zero-order valence-corrected chi connectivity index (χ0v) is 16.1. The van der Waals surface area contributed by atoms with Crippen LogP contribution in [-0.4, -0.2) is 44.4 Å². The molecular formula is C19H22F2N2O4S. The Balaban J connectivity index is 2.22. The van der Waals surface area contributed by atoms with Gasteiger partial charge in [-0.3, -0.25) is 4.79 Å². The van der Waals surface area contributed by atoms with Crippen LogP contribution in [0.2, 0.25) is 0 Å². The highest BCUT2D eigenvalue weighted by Gasteiger charge is 2.29. The Kier molecular flexibility index (Phi) is 7.47. The first-order valence-electron chi connectivity index (χ1n) is 8.64. The molecule has 0 aliphatic rings. The van der Waals surface area contributed by atoms with E-state index < -0.39 is 32.5 Å². The van der Waals surface area contributed by atoms with Gasteiger partial charge in [-0.15, -0.1) is 0 Å². The van der Waals surface area contributed by atoms with E-state index in [4.69, 9.17) is 0 Å². The molecular weight excluding hydrogens is 390 g/mol. The number of hydrogen-bond donors (Lipinski definition) is 2. The zero-order valence-electron chi connectivity index (χ0n) is 15.3. The molecule has 2 aromatic carbocycles. The highest BCUT2D eigenvalue weighted by molar-refractivity contribution is 7.91. The molecule has 0 spiro atoms. The van der Waals surface area contributed by atoms with Crippen LogP contribution >= 0.6 is 0 Å². The van der Waals surface area contributed by atoms with Crippen LogP contribution in [0.3, 0.4) is 0 Å². The van der Waals surface area contributed by atoms with Crippen molar-refractivity contribution in [2.45, 2.75) is 30.1 Å². The highest BCUT2D eigenvalue weighted by atomic mass is 32.2. The third-order valence-corrected chi connectivity index (χ3v) is 5.50. The minimum Gasteiger partial charge on any atom is -0.391 e. The van der Waals surface area contributed by atoms with Gasteiger partial charge >= 0.3 is 5.76 Å². The molecule has 1 unspecified atom stereocenters. The molecule has 2 rings (SSSR count). The van der Waals surface area contributed by atoms with Crippen molar-refractivity contribution in [2.75, 3.05) is 23.3 Å². The Morgan fingerprint density at radius 2 is 1.71 bits per heavy atom. The van der Waals surface area contributed by atoms with E-state index in [1.807, 2.05) is 6.07 Å². The van der Waals surface area contributed by atoms with Crippen molar-refractivity contribution in [3.8, 4) is 0 Å². The van der Waals surface area contributed by atoms with Crippen molar-refractivity contribution < 1.29 is 27.1 Å². The Bertz CT molecular complexity index is 892. The van der Waals surface area contributed by atoms with Crippen molar-refractivity contribution in [1.29, 1.82) is 0 Å². The zero-order chi connectivity index (χ0) is 20.7. The number of hydrogen-bond acceptors (Lipinski definition) is 5. The normalized spacial score (nSPS) is 12.6. The third kappa shape index (κ3) is 5.49. The van der Waals surface area contributed by atoms with Gasteiger partial charge in [-0.1, -0.05) is 37.3 Å². The van der Waals surface area contributed by atoms with E-state index in [0.29, 0.717) is 12.1 Å². The Hall–Kier alpha value is -2.52. The van der Waals surface area contributed by atoms with E-state index in [-0.39, 0.29) is 18.8 Å². The minimum absolute atomic E-state index is 0.185. The first-order chi connectivity index (χ1) is 13.3. The van der Waals surface area contributed by atoms with E-state index >= 15 is 0 Å². The average molecular weight is 412 g/mol. The molecule has 2 N–H and O–H groups in total. The van der Waals surface area contributed by atoms with Gasteiger partial charge in [0.15, 0.2) is 0 Å². The summed E-state index contributed by atoms with van der Waals surface area (Å²) in [6.07, 6.45) is -0.181. The molecule has 0 aliphatic carbocycles. The Labute approximate surface area is 162 Å². The predicted octanol–water partition coefficient (Wildman–Crippen LogP) is 2.90. The largest absolute Gasteiger partial charge is 0.391 e. The number of amides is 1. The fourth-order valence-corrected chi connectivity index (χ4v) is 3.45.